The van der Waals surface area contributed by atoms with Crippen molar-refractivity contribution in [2.45, 2.75) is 12.8 Å². The first kappa shape index (κ1) is 22.8. The van der Waals surface area contributed by atoms with E-state index in [9.17, 15) is 4.79 Å². The highest BCUT2D eigenvalue weighted by Gasteiger charge is 2.32. The van der Waals surface area contributed by atoms with Gasteiger partial charge in [0.2, 0.25) is 0 Å². The van der Waals surface area contributed by atoms with Crippen LogP contribution >= 0.6 is 0 Å². The van der Waals surface area contributed by atoms with E-state index in [1.807, 2.05) is 36.4 Å². The molecule has 1 N–H and O–H groups in total. The minimum Gasteiger partial charge on any atom is -0.381 e. The summed E-state index contributed by atoms with van der Waals surface area (Å²) in [6.07, 6.45) is 5.89. The number of hydrogen-bond acceptors (Lipinski definition) is 4. The highest BCUT2D eigenvalue weighted by molar-refractivity contribution is 5.85. The Morgan fingerprint density at radius 2 is 1.16 bits per heavy atom. The third-order valence-corrected chi connectivity index (χ3v) is 5.91. The number of hydrogen-bond donors (Lipinski definition) is 1. The number of carbonyl (C=O) groups excluding carboxylic acids is 1. The summed E-state index contributed by atoms with van der Waals surface area (Å²) in [6, 6.07) is 20.6. The summed E-state index contributed by atoms with van der Waals surface area (Å²) in [4.78, 5) is 17.7. The number of ketones is 1. The second-order valence-electron chi connectivity index (χ2n) is 8.74. The molecule has 0 spiro atoms. The molecule has 4 nitrogen and oxygen atoms in total. The molecule has 164 valence electrons. The molecular weight excluding hydrogens is 382 g/mol. The molecular formula is C27H35N3O. The van der Waals surface area contributed by atoms with E-state index in [1.165, 1.54) is 22.5 Å². The van der Waals surface area contributed by atoms with E-state index in [-0.39, 0.29) is 11.8 Å². The molecule has 2 unspecified atom stereocenters. The van der Waals surface area contributed by atoms with Gasteiger partial charge >= 0.3 is 0 Å². The van der Waals surface area contributed by atoms with E-state index < -0.39 is 0 Å². The Hall–Kier alpha value is -2.85. The molecule has 1 saturated heterocycles. The summed E-state index contributed by atoms with van der Waals surface area (Å²) < 4.78 is 0. The van der Waals surface area contributed by atoms with Crippen LogP contribution in [0.1, 0.15) is 24.0 Å². The maximum atomic E-state index is 13.4. The van der Waals surface area contributed by atoms with Crippen molar-refractivity contribution in [1.82, 2.24) is 15.1 Å². The van der Waals surface area contributed by atoms with Gasteiger partial charge in [0.25, 0.3) is 0 Å². The molecule has 1 aliphatic heterocycles. The van der Waals surface area contributed by atoms with Crippen molar-refractivity contribution in [3.63, 3.8) is 0 Å². The lowest BCUT2D eigenvalue weighted by Gasteiger charge is -2.32. The minimum atomic E-state index is -0.00347. The number of benzene rings is 2. The monoisotopic (exact) mass is 417 g/mol. The van der Waals surface area contributed by atoms with Crippen LogP contribution in [0.15, 0.2) is 72.1 Å². The van der Waals surface area contributed by atoms with Gasteiger partial charge in [-0.3, -0.25) is 4.79 Å². The third-order valence-electron chi connectivity index (χ3n) is 5.91. The molecule has 1 heterocycles. The van der Waals surface area contributed by atoms with E-state index in [1.54, 1.807) is 0 Å². The first-order valence-electron chi connectivity index (χ1n) is 11.0. The molecule has 1 aliphatic rings. The summed E-state index contributed by atoms with van der Waals surface area (Å²) in [7, 11) is 8.22. The SMILES string of the molecule is CN(C)/C(=C/c1ccccc1)CC1CNCC(C/C(=C\c2ccccc2)N(C)C)C1=O. The predicted octanol–water partition coefficient (Wildman–Crippen LogP) is 4.38. The third kappa shape index (κ3) is 6.56. The largest absolute Gasteiger partial charge is 0.381 e. The number of carbonyl (C=O) groups is 1. The zero-order valence-corrected chi connectivity index (χ0v) is 19.2. The van der Waals surface area contributed by atoms with Crippen LogP contribution in [-0.2, 0) is 4.79 Å². The summed E-state index contributed by atoms with van der Waals surface area (Å²) in [5.41, 5.74) is 4.69. The summed E-state index contributed by atoms with van der Waals surface area (Å²) in [5.74, 6) is 0.368. The van der Waals surface area contributed by atoms with Gasteiger partial charge in [0.15, 0.2) is 0 Å². The van der Waals surface area contributed by atoms with Crippen molar-refractivity contribution < 1.29 is 4.79 Å². The molecule has 31 heavy (non-hydrogen) atoms. The molecule has 2 aromatic rings. The Balaban J connectivity index is 1.74. The van der Waals surface area contributed by atoms with Crippen molar-refractivity contribution in [1.29, 1.82) is 0 Å². The van der Waals surface area contributed by atoms with Gasteiger partial charge in [-0.1, -0.05) is 60.7 Å². The molecule has 1 fully saturated rings. The van der Waals surface area contributed by atoms with Crippen LogP contribution in [0.25, 0.3) is 12.2 Å². The van der Waals surface area contributed by atoms with E-state index in [0.29, 0.717) is 5.78 Å². The Morgan fingerprint density at radius 3 is 1.52 bits per heavy atom. The number of allylic oxidation sites excluding steroid dienone is 2. The molecule has 2 atom stereocenters. The summed E-state index contributed by atoms with van der Waals surface area (Å²) in [5, 5.41) is 3.52. The summed E-state index contributed by atoms with van der Waals surface area (Å²) in [6.45, 7) is 1.49. The lowest BCUT2D eigenvalue weighted by Crippen LogP contribution is -2.45. The van der Waals surface area contributed by atoms with Crippen LogP contribution < -0.4 is 5.32 Å². The summed E-state index contributed by atoms with van der Waals surface area (Å²) >= 11 is 0. The normalized spacial score (nSPS) is 19.9. The van der Waals surface area contributed by atoms with Crippen molar-refractivity contribution >= 4 is 17.9 Å². The first-order chi connectivity index (χ1) is 14.9. The minimum absolute atomic E-state index is 0.00347. The molecule has 0 bridgehead atoms. The van der Waals surface area contributed by atoms with Crippen LogP contribution in [0.4, 0.5) is 0 Å². The Morgan fingerprint density at radius 1 is 0.774 bits per heavy atom. The Labute approximate surface area is 187 Å². The molecule has 2 aromatic carbocycles. The van der Waals surface area contributed by atoms with E-state index in [4.69, 9.17) is 0 Å². The van der Waals surface area contributed by atoms with Gasteiger partial charge in [-0.25, -0.2) is 0 Å². The quantitative estimate of drug-likeness (QED) is 0.692. The molecule has 0 radical (unpaired) electrons. The number of piperidine rings is 1. The van der Waals surface area contributed by atoms with Crippen molar-refractivity contribution in [2.75, 3.05) is 41.3 Å². The second kappa shape index (κ2) is 11.0. The van der Waals surface area contributed by atoms with Crippen molar-refractivity contribution in [3.05, 3.63) is 83.2 Å². The molecule has 4 heteroatoms. The van der Waals surface area contributed by atoms with Crippen LogP contribution in [0.2, 0.25) is 0 Å². The lowest BCUT2D eigenvalue weighted by molar-refractivity contribution is -0.128. The molecule has 0 amide bonds. The van der Waals surface area contributed by atoms with Gasteiger partial charge in [-0.05, 0) is 36.1 Å². The topological polar surface area (TPSA) is 35.6 Å². The number of nitrogens with zero attached hydrogens (tertiary/aromatic N) is 2. The highest BCUT2D eigenvalue weighted by Crippen LogP contribution is 2.27. The Bertz CT molecular complexity index is 827. The molecule has 0 aromatic heterocycles. The van der Waals surface area contributed by atoms with Gasteiger partial charge in [0, 0.05) is 64.5 Å². The Kier molecular flexibility index (Phi) is 8.07. The molecule has 0 aliphatic carbocycles. The number of Topliss-reactive ketones (excluding diaryl/α,β-unsaturated/α-hetero) is 1. The van der Waals surface area contributed by atoms with Crippen LogP contribution in [0.5, 0.6) is 0 Å². The van der Waals surface area contributed by atoms with Crippen LogP contribution in [-0.4, -0.2) is 56.9 Å². The van der Waals surface area contributed by atoms with Gasteiger partial charge in [-0.2, -0.15) is 0 Å². The number of nitrogens with one attached hydrogen (secondary N) is 1. The zero-order valence-electron chi connectivity index (χ0n) is 19.2. The smallest absolute Gasteiger partial charge is 0.142 e. The predicted molar refractivity (Wildman–Crippen MR) is 130 cm³/mol. The maximum Gasteiger partial charge on any atom is 0.142 e. The standard InChI is InChI=1S/C27H35N3O/c1-29(2)25(15-21-11-7-5-8-12-21)17-23-19-28-20-24(27(23)31)18-26(30(3)4)16-22-13-9-6-10-14-22/h5-16,23-24,28H,17-20H2,1-4H3/b25-15+,26-16+. The van der Waals surface area contributed by atoms with Gasteiger partial charge in [0.05, 0.1) is 0 Å². The number of rotatable bonds is 8. The van der Waals surface area contributed by atoms with E-state index in [2.05, 4.69) is 79.7 Å². The average molecular weight is 418 g/mol. The van der Waals surface area contributed by atoms with Crippen molar-refractivity contribution in [2.24, 2.45) is 11.8 Å². The highest BCUT2D eigenvalue weighted by atomic mass is 16.1. The van der Waals surface area contributed by atoms with Gasteiger partial charge in [0.1, 0.15) is 5.78 Å². The first-order valence-corrected chi connectivity index (χ1v) is 11.0. The zero-order chi connectivity index (χ0) is 22.2. The maximum absolute atomic E-state index is 13.4. The fraction of sp³-hybridized carbons (Fsp3) is 0.370. The van der Waals surface area contributed by atoms with Gasteiger partial charge < -0.3 is 15.1 Å². The van der Waals surface area contributed by atoms with Gasteiger partial charge in [-0.15, -0.1) is 0 Å². The van der Waals surface area contributed by atoms with E-state index >= 15 is 0 Å². The van der Waals surface area contributed by atoms with Crippen molar-refractivity contribution in [3.8, 4) is 0 Å². The molecule has 0 saturated carbocycles. The lowest BCUT2D eigenvalue weighted by atomic mass is 9.83. The molecule has 3 rings (SSSR count). The average Bonchev–Trinajstić information content (AvgIpc) is 2.76. The fourth-order valence-corrected chi connectivity index (χ4v) is 4.04. The fourth-order valence-electron chi connectivity index (χ4n) is 4.04. The van der Waals surface area contributed by atoms with E-state index in [0.717, 1.165) is 25.9 Å². The second-order valence-corrected chi connectivity index (χ2v) is 8.74. The van der Waals surface area contributed by atoms with Crippen LogP contribution in [0.3, 0.4) is 0 Å². The van der Waals surface area contributed by atoms with Crippen LogP contribution in [0, 0.1) is 11.8 Å².